The molecule has 100 valence electrons. The van der Waals surface area contributed by atoms with Gasteiger partial charge in [0, 0.05) is 29.5 Å². The van der Waals surface area contributed by atoms with E-state index in [-0.39, 0.29) is 5.91 Å². The molecule has 3 aromatic rings. The minimum Gasteiger partial charge on any atom is -0.361 e. The summed E-state index contributed by atoms with van der Waals surface area (Å²) in [6, 6.07) is 15.1. The lowest BCUT2D eigenvalue weighted by Gasteiger charge is -2.07. The van der Waals surface area contributed by atoms with Gasteiger partial charge in [-0.3, -0.25) is 4.79 Å². The molecule has 1 aromatic heterocycles. The largest absolute Gasteiger partial charge is 0.361 e. The molecule has 1 heterocycles. The lowest BCUT2D eigenvalue weighted by molar-refractivity contribution is 0.102. The number of H-pyrrole nitrogens is 1. The first kappa shape index (κ1) is 12.4. The monoisotopic (exact) mass is 265 g/mol. The fourth-order valence-corrected chi connectivity index (χ4v) is 2.17. The second-order valence-electron chi connectivity index (χ2n) is 4.64. The Labute approximate surface area is 116 Å². The van der Waals surface area contributed by atoms with Crippen molar-refractivity contribution in [2.75, 3.05) is 5.32 Å². The highest BCUT2D eigenvalue weighted by Crippen LogP contribution is 2.16. The highest BCUT2D eigenvalue weighted by atomic mass is 16.1. The Hall–Kier alpha value is -2.59. The van der Waals surface area contributed by atoms with Crippen molar-refractivity contribution < 1.29 is 4.79 Å². The number of nitrogens with one attached hydrogen (secondary N) is 2. The fraction of sp³-hybridized carbons (Fsp3) is 0.0625. The summed E-state index contributed by atoms with van der Waals surface area (Å²) in [5.41, 5.74) is 8.91. The molecule has 0 saturated carbocycles. The summed E-state index contributed by atoms with van der Waals surface area (Å²) in [5, 5.41) is 3.97. The van der Waals surface area contributed by atoms with Crippen LogP contribution in [0.1, 0.15) is 15.9 Å². The van der Waals surface area contributed by atoms with Crippen LogP contribution in [-0.4, -0.2) is 10.9 Å². The molecule has 0 bridgehead atoms. The summed E-state index contributed by atoms with van der Waals surface area (Å²) in [7, 11) is 0. The number of amides is 1. The third-order valence-electron chi connectivity index (χ3n) is 3.24. The minimum atomic E-state index is -0.129. The minimum absolute atomic E-state index is 0.129. The van der Waals surface area contributed by atoms with Gasteiger partial charge in [0.25, 0.3) is 5.91 Å². The maximum absolute atomic E-state index is 12.2. The van der Waals surface area contributed by atoms with Gasteiger partial charge in [-0.1, -0.05) is 18.2 Å². The third-order valence-corrected chi connectivity index (χ3v) is 3.24. The summed E-state index contributed by atoms with van der Waals surface area (Å²) in [4.78, 5) is 15.3. The van der Waals surface area contributed by atoms with E-state index in [2.05, 4.69) is 10.3 Å². The Balaban J connectivity index is 1.84. The lowest BCUT2D eigenvalue weighted by Crippen LogP contribution is -2.12. The molecule has 4 nitrogen and oxygen atoms in total. The second-order valence-corrected chi connectivity index (χ2v) is 4.64. The van der Waals surface area contributed by atoms with E-state index in [0.29, 0.717) is 12.1 Å². The van der Waals surface area contributed by atoms with Gasteiger partial charge >= 0.3 is 0 Å². The van der Waals surface area contributed by atoms with E-state index >= 15 is 0 Å². The van der Waals surface area contributed by atoms with Gasteiger partial charge in [0.1, 0.15) is 0 Å². The van der Waals surface area contributed by atoms with E-state index in [1.165, 1.54) is 0 Å². The van der Waals surface area contributed by atoms with E-state index in [9.17, 15) is 4.79 Å². The number of aromatic amines is 1. The van der Waals surface area contributed by atoms with Gasteiger partial charge in [-0.25, -0.2) is 0 Å². The molecule has 4 N–H and O–H groups in total. The van der Waals surface area contributed by atoms with E-state index < -0.39 is 0 Å². The molecule has 0 spiro atoms. The van der Waals surface area contributed by atoms with Crippen molar-refractivity contribution in [3.05, 3.63) is 65.9 Å². The van der Waals surface area contributed by atoms with Crippen molar-refractivity contribution in [1.29, 1.82) is 0 Å². The number of rotatable bonds is 3. The number of nitrogens with two attached hydrogens (primary N) is 1. The van der Waals surface area contributed by atoms with E-state index in [1.807, 2.05) is 54.7 Å². The Morgan fingerprint density at radius 3 is 2.90 bits per heavy atom. The summed E-state index contributed by atoms with van der Waals surface area (Å²) in [6.07, 6.45) is 1.86. The van der Waals surface area contributed by atoms with Crippen LogP contribution in [0.3, 0.4) is 0 Å². The van der Waals surface area contributed by atoms with Crippen LogP contribution in [0.4, 0.5) is 5.69 Å². The molecule has 2 aromatic carbocycles. The number of fused-ring (bicyclic) bond motifs is 1. The Morgan fingerprint density at radius 1 is 1.15 bits per heavy atom. The summed E-state index contributed by atoms with van der Waals surface area (Å²) in [6.45, 7) is 0.456. The molecular weight excluding hydrogens is 250 g/mol. The molecule has 4 heteroatoms. The molecule has 3 rings (SSSR count). The summed E-state index contributed by atoms with van der Waals surface area (Å²) in [5.74, 6) is -0.129. The number of hydrogen-bond acceptors (Lipinski definition) is 2. The zero-order valence-corrected chi connectivity index (χ0v) is 10.9. The van der Waals surface area contributed by atoms with Crippen molar-refractivity contribution in [3.8, 4) is 0 Å². The number of anilines is 1. The first-order valence-corrected chi connectivity index (χ1v) is 6.44. The molecule has 20 heavy (non-hydrogen) atoms. The summed E-state index contributed by atoms with van der Waals surface area (Å²) < 4.78 is 0. The third kappa shape index (κ3) is 2.41. The van der Waals surface area contributed by atoms with Crippen molar-refractivity contribution in [2.24, 2.45) is 5.73 Å². The van der Waals surface area contributed by atoms with Crippen LogP contribution in [0.2, 0.25) is 0 Å². The maximum atomic E-state index is 12.2. The first-order valence-electron chi connectivity index (χ1n) is 6.44. The van der Waals surface area contributed by atoms with Crippen molar-refractivity contribution >= 4 is 22.5 Å². The van der Waals surface area contributed by atoms with Gasteiger partial charge in [-0.2, -0.15) is 0 Å². The lowest BCUT2D eigenvalue weighted by atomic mass is 10.1. The normalized spacial score (nSPS) is 10.7. The predicted octanol–water partition coefficient (Wildman–Crippen LogP) is 2.88. The second kappa shape index (κ2) is 5.19. The van der Waals surface area contributed by atoms with Gasteiger partial charge in [0.2, 0.25) is 0 Å². The number of benzene rings is 2. The Morgan fingerprint density at radius 2 is 2.05 bits per heavy atom. The van der Waals surface area contributed by atoms with Gasteiger partial charge in [-0.15, -0.1) is 0 Å². The number of carbonyl (C=O) groups is 1. The van der Waals surface area contributed by atoms with Crippen molar-refractivity contribution in [2.45, 2.75) is 6.54 Å². The Kier molecular flexibility index (Phi) is 3.23. The van der Waals surface area contributed by atoms with Crippen LogP contribution in [0, 0.1) is 0 Å². The van der Waals surface area contributed by atoms with E-state index in [0.717, 1.165) is 22.2 Å². The smallest absolute Gasteiger partial charge is 0.255 e. The average Bonchev–Trinajstić information content (AvgIpc) is 2.94. The van der Waals surface area contributed by atoms with Crippen molar-refractivity contribution in [3.63, 3.8) is 0 Å². The van der Waals surface area contributed by atoms with Gasteiger partial charge in [-0.05, 0) is 41.3 Å². The van der Waals surface area contributed by atoms with Crippen LogP contribution < -0.4 is 11.1 Å². The predicted molar refractivity (Wildman–Crippen MR) is 80.6 cm³/mol. The Bertz CT molecular complexity index is 761. The quantitative estimate of drug-likeness (QED) is 0.681. The molecule has 0 aliphatic rings. The molecule has 0 radical (unpaired) electrons. The molecule has 0 atom stereocenters. The van der Waals surface area contributed by atoms with Crippen molar-refractivity contribution in [1.82, 2.24) is 4.98 Å². The number of carbonyl (C=O) groups excluding carboxylic acids is 1. The van der Waals surface area contributed by atoms with Crippen LogP contribution in [0.25, 0.3) is 10.9 Å². The van der Waals surface area contributed by atoms with E-state index in [1.54, 1.807) is 0 Å². The topological polar surface area (TPSA) is 70.9 Å². The number of aromatic nitrogens is 1. The summed E-state index contributed by atoms with van der Waals surface area (Å²) >= 11 is 0. The maximum Gasteiger partial charge on any atom is 0.255 e. The van der Waals surface area contributed by atoms with E-state index in [4.69, 9.17) is 5.73 Å². The van der Waals surface area contributed by atoms with Gasteiger partial charge in [0.15, 0.2) is 0 Å². The first-order chi connectivity index (χ1) is 9.76. The standard InChI is InChI=1S/C16H15N3O/c17-10-11-2-1-3-14(8-11)19-16(20)13-5-4-12-6-7-18-15(12)9-13/h1-9,18H,10,17H2,(H,19,20). The van der Waals surface area contributed by atoms with Gasteiger partial charge < -0.3 is 16.0 Å². The molecule has 0 saturated heterocycles. The van der Waals surface area contributed by atoms with Crippen LogP contribution in [0.15, 0.2) is 54.7 Å². The molecule has 0 unspecified atom stereocenters. The molecular formula is C16H15N3O. The molecule has 0 aliphatic carbocycles. The molecule has 0 aliphatic heterocycles. The fourth-order valence-electron chi connectivity index (χ4n) is 2.17. The van der Waals surface area contributed by atoms with Crippen LogP contribution >= 0.6 is 0 Å². The zero-order valence-electron chi connectivity index (χ0n) is 10.9. The van der Waals surface area contributed by atoms with Gasteiger partial charge in [0.05, 0.1) is 0 Å². The highest BCUT2D eigenvalue weighted by Gasteiger charge is 2.07. The SMILES string of the molecule is NCc1cccc(NC(=O)c2ccc3cc[nH]c3c2)c1. The highest BCUT2D eigenvalue weighted by molar-refractivity contribution is 6.06. The van der Waals surface area contributed by atoms with Crippen LogP contribution in [0.5, 0.6) is 0 Å². The average molecular weight is 265 g/mol. The molecule has 0 fully saturated rings. The number of hydrogen-bond donors (Lipinski definition) is 3. The molecule has 1 amide bonds. The van der Waals surface area contributed by atoms with Crippen LogP contribution in [-0.2, 0) is 6.54 Å². The zero-order chi connectivity index (χ0) is 13.9.